The zero-order valence-electron chi connectivity index (χ0n) is 9.43. The summed E-state index contributed by atoms with van der Waals surface area (Å²) in [4.78, 5) is 4.48. The lowest BCUT2D eigenvalue weighted by Crippen LogP contribution is -1.86. The molecule has 3 rings (SSSR count). The standard InChI is InChI=1S/C15H12N2/c16-9-11-1-3-13(4-2-11)15-8-7-14(10-17-15)12-5-6-12/h1-4,7-8,10,12H,5-6H2. The maximum atomic E-state index is 8.74. The van der Waals surface area contributed by atoms with Gasteiger partial charge in [0.2, 0.25) is 0 Å². The predicted octanol–water partition coefficient (Wildman–Crippen LogP) is 3.50. The van der Waals surface area contributed by atoms with Crippen LogP contribution in [0.1, 0.15) is 29.9 Å². The van der Waals surface area contributed by atoms with Crippen molar-refractivity contribution in [1.29, 1.82) is 5.26 Å². The van der Waals surface area contributed by atoms with Crippen molar-refractivity contribution in [3.8, 4) is 17.3 Å². The van der Waals surface area contributed by atoms with Crippen molar-refractivity contribution in [3.63, 3.8) is 0 Å². The molecule has 1 heterocycles. The second-order valence-corrected chi connectivity index (χ2v) is 4.44. The molecule has 0 unspecified atom stereocenters. The first-order chi connectivity index (χ1) is 8.36. The Morgan fingerprint density at radius 2 is 1.82 bits per heavy atom. The molecule has 2 nitrogen and oxygen atoms in total. The Labute approximate surface area is 101 Å². The first-order valence-corrected chi connectivity index (χ1v) is 5.83. The number of hydrogen-bond donors (Lipinski definition) is 0. The van der Waals surface area contributed by atoms with Crippen molar-refractivity contribution in [2.24, 2.45) is 0 Å². The molecule has 0 radical (unpaired) electrons. The van der Waals surface area contributed by atoms with Crippen LogP contribution in [0.4, 0.5) is 0 Å². The minimum atomic E-state index is 0.684. The van der Waals surface area contributed by atoms with Crippen molar-refractivity contribution < 1.29 is 0 Å². The monoisotopic (exact) mass is 220 g/mol. The predicted molar refractivity (Wildman–Crippen MR) is 66.4 cm³/mol. The van der Waals surface area contributed by atoms with Crippen LogP contribution in [0.25, 0.3) is 11.3 Å². The third-order valence-electron chi connectivity index (χ3n) is 3.14. The topological polar surface area (TPSA) is 36.7 Å². The highest BCUT2D eigenvalue weighted by Crippen LogP contribution is 2.39. The molecule has 1 aliphatic rings. The van der Waals surface area contributed by atoms with Gasteiger partial charge in [-0.05, 0) is 42.5 Å². The van der Waals surface area contributed by atoms with Crippen molar-refractivity contribution in [2.75, 3.05) is 0 Å². The van der Waals surface area contributed by atoms with Crippen molar-refractivity contribution >= 4 is 0 Å². The van der Waals surface area contributed by atoms with Gasteiger partial charge in [-0.2, -0.15) is 5.26 Å². The van der Waals surface area contributed by atoms with Crippen molar-refractivity contribution in [1.82, 2.24) is 4.98 Å². The summed E-state index contributed by atoms with van der Waals surface area (Å²) in [7, 11) is 0. The minimum absolute atomic E-state index is 0.684. The quantitative estimate of drug-likeness (QED) is 0.776. The number of aromatic nitrogens is 1. The van der Waals surface area contributed by atoms with Gasteiger partial charge in [-0.3, -0.25) is 4.98 Å². The van der Waals surface area contributed by atoms with Crippen LogP contribution in [-0.4, -0.2) is 4.98 Å². The van der Waals surface area contributed by atoms with E-state index in [9.17, 15) is 0 Å². The molecule has 1 aromatic carbocycles. The van der Waals surface area contributed by atoms with E-state index < -0.39 is 0 Å². The van der Waals surface area contributed by atoms with Gasteiger partial charge in [0.15, 0.2) is 0 Å². The molecule has 1 aliphatic carbocycles. The molecule has 82 valence electrons. The summed E-state index contributed by atoms with van der Waals surface area (Å²) in [6, 6.07) is 13.9. The molecule has 2 aromatic rings. The highest BCUT2D eigenvalue weighted by Gasteiger charge is 2.23. The first kappa shape index (κ1) is 10.0. The molecule has 0 bridgehead atoms. The van der Waals surface area contributed by atoms with Crippen LogP contribution in [0.2, 0.25) is 0 Å². The summed E-state index contributed by atoms with van der Waals surface area (Å²) in [5, 5.41) is 8.74. The zero-order valence-corrected chi connectivity index (χ0v) is 9.43. The largest absolute Gasteiger partial charge is 0.256 e. The van der Waals surface area contributed by atoms with Gasteiger partial charge in [0, 0.05) is 11.8 Å². The minimum Gasteiger partial charge on any atom is -0.256 e. The van der Waals surface area contributed by atoms with Crippen LogP contribution < -0.4 is 0 Å². The maximum Gasteiger partial charge on any atom is 0.0991 e. The van der Waals surface area contributed by atoms with E-state index in [4.69, 9.17) is 5.26 Å². The van der Waals surface area contributed by atoms with E-state index in [0.29, 0.717) is 5.56 Å². The van der Waals surface area contributed by atoms with Crippen LogP contribution in [0, 0.1) is 11.3 Å². The van der Waals surface area contributed by atoms with E-state index in [2.05, 4.69) is 23.2 Å². The summed E-state index contributed by atoms with van der Waals surface area (Å²) in [6.45, 7) is 0. The molecular weight excluding hydrogens is 208 g/mol. The van der Waals surface area contributed by atoms with E-state index in [1.807, 2.05) is 30.5 Å². The van der Waals surface area contributed by atoms with Gasteiger partial charge < -0.3 is 0 Å². The van der Waals surface area contributed by atoms with Gasteiger partial charge in [0.25, 0.3) is 0 Å². The lowest BCUT2D eigenvalue weighted by molar-refractivity contribution is 1.10. The Morgan fingerprint density at radius 3 is 2.35 bits per heavy atom. The molecule has 1 aromatic heterocycles. The third kappa shape index (κ3) is 2.05. The van der Waals surface area contributed by atoms with E-state index in [1.54, 1.807) is 0 Å². The van der Waals surface area contributed by atoms with Gasteiger partial charge in [-0.25, -0.2) is 0 Å². The number of rotatable bonds is 2. The number of nitriles is 1. The lowest BCUT2D eigenvalue weighted by Gasteiger charge is -2.02. The smallest absolute Gasteiger partial charge is 0.0991 e. The van der Waals surface area contributed by atoms with Crippen LogP contribution in [0.15, 0.2) is 42.6 Å². The molecule has 1 fully saturated rings. The summed E-state index contributed by atoms with van der Waals surface area (Å²) >= 11 is 0. The molecule has 0 aliphatic heterocycles. The maximum absolute atomic E-state index is 8.74. The number of nitrogens with zero attached hydrogens (tertiary/aromatic N) is 2. The van der Waals surface area contributed by atoms with E-state index in [0.717, 1.165) is 17.2 Å². The Kier molecular flexibility index (Phi) is 2.38. The molecule has 0 saturated heterocycles. The highest BCUT2D eigenvalue weighted by molar-refractivity contribution is 5.60. The Bertz CT molecular complexity index is 557. The fourth-order valence-corrected chi connectivity index (χ4v) is 1.95. The molecule has 0 N–H and O–H groups in total. The second kappa shape index (κ2) is 4.03. The van der Waals surface area contributed by atoms with Gasteiger partial charge >= 0.3 is 0 Å². The molecule has 0 amide bonds. The summed E-state index contributed by atoms with van der Waals surface area (Å²) in [6.07, 6.45) is 4.58. The van der Waals surface area contributed by atoms with Crippen molar-refractivity contribution in [2.45, 2.75) is 18.8 Å². The summed E-state index contributed by atoms with van der Waals surface area (Å²) < 4.78 is 0. The summed E-state index contributed by atoms with van der Waals surface area (Å²) in [5.41, 5.74) is 4.07. The molecule has 0 spiro atoms. The fourth-order valence-electron chi connectivity index (χ4n) is 1.95. The van der Waals surface area contributed by atoms with Gasteiger partial charge in [0.1, 0.15) is 0 Å². The normalized spacial score (nSPS) is 14.3. The van der Waals surface area contributed by atoms with Gasteiger partial charge in [-0.15, -0.1) is 0 Å². The van der Waals surface area contributed by atoms with Crippen LogP contribution in [0.5, 0.6) is 0 Å². The molecule has 0 atom stereocenters. The molecule has 17 heavy (non-hydrogen) atoms. The van der Waals surface area contributed by atoms with Crippen molar-refractivity contribution in [3.05, 3.63) is 53.7 Å². The summed E-state index contributed by atoms with van der Waals surface area (Å²) in [5.74, 6) is 0.748. The molecule has 1 saturated carbocycles. The van der Waals surface area contributed by atoms with Crippen LogP contribution in [-0.2, 0) is 0 Å². The van der Waals surface area contributed by atoms with Crippen LogP contribution in [0.3, 0.4) is 0 Å². The SMILES string of the molecule is N#Cc1ccc(-c2ccc(C3CC3)cn2)cc1. The van der Waals surface area contributed by atoms with Gasteiger partial charge in [0.05, 0.1) is 17.3 Å². The fraction of sp³-hybridized carbons (Fsp3) is 0.200. The Balaban J connectivity index is 1.89. The molecule has 2 heteroatoms. The van der Waals surface area contributed by atoms with Crippen LogP contribution >= 0.6 is 0 Å². The zero-order chi connectivity index (χ0) is 11.7. The Morgan fingerprint density at radius 1 is 1.06 bits per heavy atom. The lowest BCUT2D eigenvalue weighted by atomic mass is 10.1. The van der Waals surface area contributed by atoms with E-state index in [-0.39, 0.29) is 0 Å². The number of hydrogen-bond acceptors (Lipinski definition) is 2. The second-order valence-electron chi connectivity index (χ2n) is 4.44. The molecular formula is C15H12N2. The number of pyridine rings is 1. The average Bonchev–Trinajstić information content (AvgIpc) is 3.24. The average molecular weight is 220 g/mol. The Hall–Kier alpha value is -2.14. The number of benzene rings is 1. The third-order valence-corrected chi connectivity index (χ3v) is 3.14. The first-order valence-electron chi connectivity index (χ1n) is 5.83. The van der Waals surface area contributed by atoms with Gasteiger partial charge in [-0.1, -0.05) is 18.2 Å². The van der Waals surface area contributed by atoms with E-state index in [1.165, 1.54) is 18.4 Å². The highest BCUT2D eigenvalue weighted by atomic mass is 14.7. The van der Waals surface area contributed by atoms with E-state index >= 15 is 0 Å².